The molecule has 0 aliphatic carbocycles. The van der Waals surface area contributed by atoms with E-state index in [2.05, 4.69) is 14.3 Å². The molecule has 0 fully saturated rings. The van der Waals surface area contributed by atoms with Crippen molar-refractivity contribution in [3.05, 3.63) is 29.2 Å². The van der Waals surface area contributed by atoms with Gasteiger partial charge in [-0.1, -0.05) is 0 Å². The largest absolute Gasteiger partial charge is 0.448 e. The molecule has 0 N–H and O–H groups in total. The summed E-state index contributed by atoms with van der Waals surface area (Å²) in [6.45, 7) is 0. The lowest BCUT2D eigenvalue weighted by Gasteiger charge is -2.32. The fourth-order valence-electron chi connectivity index (χ4n) is 1.24. The molecule has 0 aliphatic heterocycles. The second-order valence-corrected chi connectivity index (χ2v) is 7.28. The van der Waals surface area contributed by atoms with Crippen molar-refractivity contribution in [3.8, 4) is 5.88 Å². The zero-order valence-corrected chi connectivity index (χ0v) is 15.1. The van der Waals surface area contributed by atoms with Crippen LogP contribution >= 0.6 is 22.6 Å². The lowest BCUT2D eigenvalue weighted by atomic mass is 10.5. The molecule has 150 valence electrons. The van der Waals surface area contributed by atoms with Crippen molar-refractivity contribution in [1.29, 1.82) is 0 Å². The number of methoxy groups -OCH3 is 1. The van der Waals surface area contributed by atoms with Crippen LogP contribution in [0.2, 0.25) is 0 Å². The third-order valence-corrected chi connectivity index (χ3v) is 4.36. The number of sulfonamides is 1. The van der Waals surface area contributed by atoms with Crippen LogP contribution in [-0.2, 0) is 14.8 Å². The van der Waals surface area contributed by atoms with E-state index in [-0.39, 0.29) is 27.3 Å². The van der Waals surface area contributed by atoms with Gasteiger partial charge in [-0.15, -0.1) is 0 Å². The van der Waals surface area contributed by atoms with Gasteiger partial charge in [0.2, 0.25) is 10.0 Å². The van der Waals surface area contributed by atoms with Gasteiger partial charge in [0.05, 0.1) is 13.2 Å². The highest BCUT2D eigenvalue weighted by Gasteiger charge is 2.72. The molecule has 1 aromatic heterocycles. The number of pyridine rings is 1. The Hall–Kier alpha value is -1.17. The molecule has 16 heteroatoms. The Balaban J connectivity index is 3.24. The van der Waals surface area contributed by atoms with Crippen molar-refractivity contribution in [2.24, 2.45) is 0 Å². The van der Waals surface area contributed by atoms with Gasteiger partial charge in [0, 0.05) is 28.7 Å². The molecule has 0 unspecified atom stereocenters. The number of aromatic nitrogens is 1. The van der Waals surface area contributed by atoms with Crippen molar-refractivity contribution < 1.29 is 57.7 Å². The predicted molar refractivity (Wildman–Crippen MR) is 75.8 cm³/mol. The van der Waals surface area contributed by atoms with E-state index in [1.165, 1.54) is 6.07 Å². The van der Waals surface area contributed by atoms with E-state index in [1.807, 2.05) is 0 Å². The molecule has 0 spiro atoms. The summed E-state index contributed by atoms with van der Waals surface area (Å²) in [7, 11) is -5.65. The average Bonchev–Trinajstić information content (AvgIpc) is 2.44. The van der Waals surface area contributed by atoms with E-state index in [9.17, 15) is 43.5 Å². The highest BCUT2D eigenvalue weighted by molar-refractivity contribution is 14.1. The third-order valence-electron chi connectivity index (χ3n) is 2.46. The van der Waals surface area contributed by atoms with Crippen molar-refractivity contribution in [1.82, 2.24) is 0 Å². The number of ether oxygens (including phenoxy) is 2. The van der Waals surface area contributed by atoms with Crippen LogP contribution in [-0.4, -0.2) is 36.9 Å². The first kappa shape index (κ1) is 22.9. The molecule has 0 amide bonds. The smallest absolute Gasteiger partial charge is 0.438 e. The monoisotopic (exact) mass is 530 g/mol. The van der Waals surface area contributed by atoms with Crippen LogP contribution in [0.4, 0.5) is 35.1 Å². The van der Waals surface area contributed by atoms with E-state index in [0.29, 0.717) is 6.20 Å². The summed E-state index contributed by atoms with van der Waals surface area (Å²) in [6, 6.07) is 3.27. The number of alkyl halides is 9. The molecular weight excluding hydrogens is 523 g/mol. The number of rotatable bonds is 8. The minimum Gasteiger partial charge on any atom is -0.448 e. The maximum Gasteiger partial charge on any atom is 0.438 e. The first-order valence-electron chi connectivity index (χ1n) is 5.91. The van der Waals surface area contributed by atoms with E-state index in [4.69, 9.17) is 0 Å². The number of hydrogen-bond acceptors (Lipinski definition) is 4. The van der Waals surface area contributed by atoms with Crippen LogP contribution in [0.1, 0.15) is 0 Å². The Morgan fingerprint density at radius 3 is 2.04 bits per heavy atom. The minimum atomic E-state index is -6.60. The van der Waals surface area contributed by atoms with Gasteiger partial charge in [0.25, 0.3) is 0 Å². The van der Waals surface area contributed by atoms with E-state index in [1.54, 1.807) is 0 Å². The Morgan fingerprint density at radius 2 is 1.58 bits per heavy atom. The molecule has 26 heavy (non-hydrogen) atoms. The Bertz CT molecular complexity index is 756. The van der Waals surface area contributed by atoms with E-state index in [0.717, 1.165) is 19.2 Å². The maximum absolute atomic E-state index is 13.6. The molecule has 1 rings (SSSR count). The summed E-state index contributed by atoms with van der Waals surface area (Å²) in [4.78, 5) is 2.31. The van der Waals surface area contributed by atoms with E-state index >= 15 is 0 Å². The average molecular weight is 530 g/mol. The quantitative estimate of drug-likeness (QED) is 0.224. The molecule has 6 nitrogen and oxygen atoms in total. The van der Waals surface area contributed by atoms with Crippen LogP contribution < -0.4 is 9.41 Å². The van der Waals surface area contributed by atoms with Gasteiger partial charge in [-0.3, -0.25) is 0 Å². The van der Waals surface area contributed by atoms with Crippen LogP contribution in [0.3, 0.4) is 0 Å². The standard InChI is InChI=1S/C10H7F8IN2O4S/c1-24-6-4-2-3-5-21(6)20-26(22,23)10(17,18)9(15,16)25-8(13,14)7(11,12)19/h2-5H,1H3. The SMILES string of the molecule is COc1cccc[n+]1[N-]S(=O)(=O)C(F)(F)C(F)(F)OC(F)(F)C(F)(F)I. The number of halogens is 9. The predicted octanol–water partition coefficient (Wildman–Crippen LogP) is 3.27. The normalized spacial score (nSPS) is 14.2. The minimum absolute atomic E-state index is 0.0738. The number of nitrogens with zero attached hydrogens (tertiary/aromatic N) is 2. The molecule has 0 aromatic carbocycles. The number of hydrogen-bond donors (Lipinski definition) is 0. The van der Waals surface area contributed by atoms with Crippen LogP contribution in [0.15, 0.2) is 24.4 Å². The zero-order chi connectivity index (χ0) is 20.6. The zero-order valence-electron chi connectivity index (χ0n) is 12.1. The van der Waals surface area contributed by atoms with Gasteiger partial charge >= 0.3 is 27.3 Å². The molecule has 0 radical (unpaired) electrons. The molecule has 1 heterocycles. The summed E-state index contributed by atoms with van der Waals surface area (Å²) in [5.74, 6) is -0.514. The van der Waals surface area contributed by atoms with Gasteiger partial charge in [-0.25, -0.2) is 13.2 Å². The lowest BCUT2D eigenvalue weighted by molar-refractivity contribution is -0.621. The second-order valence-electron chi connectivity index (χ2n) is 4.29. The summed E-state index contributed by atoms with van der Waals surface area (Å²) in [6.07, 6.45) is -12.0. The van der Waals surface area contributed by atoms with E-state index < -0.39 is 37.3 Å². The Morgan fingerprint density at radius 1 is 1.04 bits per heavy atom. The van der Waals surface area contributed by atoms with Gasteiger partial charge in [-0.2, -0.15) is 39.8 Å². The third kappa shape index (κ3) is 4.38. The van der Waals surface area contributed by atoms with Crippen molar-refractivity contribution in [3.63, 3.8) is 0 Å². The highest BCUT2D eigenvalue weighted by atomic mass is 127. The molecule has 1 aromatic rings. The van der Waals surface area contributed by atoms with Crippen molar-refractivity contribution >= 4 is 32.6 Å². The van der Waals surface area contributed by atoms with Crippen molar-refractivity contribution in [2.45, 2.75) is 21.4 Å². The molecule has 0 bridgehead atoms. The van der Waals surface area contributed by atoms with Crippen molar-refractivity contribution in [2.75, 3.05) is 7.11 Å². The molecule has 0 saturated heterocycles. The summed E-state index contributed by atoms with van der Waals surface area (Å²) < 4.78 is 129. The van der Waals surface area contributed by atoms with Gasteiger partial charge in [0.1, 0.15) is 0 Å². The first-order chi connectivity index (χ1) is 11.5. The lowest BCUT2D eigenvalue weighted by Crippen LogP contribution is -2.55. The fraction of sp³-hybridized carbons (Fsp3) is 0.500. The van der Waals surface area contributed by atoms with Crippen LogP contribution in [0, 0.1) is 0 Å². The topological polar surface area (TPSA) is 70.6 Å². The summed E-state index contributed by atoms with van der Waals surface area (Å²) in [5, 5.41) is -6.43. The molecule has 0 aliphatic rings. The Labute approximate surface area is 154 Å². The second kappa shape index (κ2) is 7.10. The molecular formula is C10H7F8IN2O4S. The first-order valence-corrected chi connectivity index (χ1v) is 8.43. The molecule has 0 saturated carbocycles. The fourth-order valence-corrected chi connectivity index (χ4v) is 2.16. The maximum atomic E-state index is 13.6. The summed E-state index contributed by atoms with van der Waals surface area (Å²) >= 11 is -0.344. The van der Waals surface area contributed by atoms with Gasteiger partial charge < -0.3 is 9.57 Å². The summed E-state index contributed by atoms with van der Waals surface area (Å²) in [5.41, 5.74) is 0. The highest BCUT2D eigenvalue weighted by Crippen LogP contribution is 2.49. The van der Waals surface area contributed by atoms with Crippen LogP contribution in [0.25, 0.3) is 4.83 Å². The van der Waals surface area contributed by atoms with Gasteiger partial charge in [0.15, 0.2) is 6.20 Å². The van der Waals surface area contributed by atoms with Gasteiger partial charge in [-0.05, 0) is 6.07 Å². The Kier molecular flexibility index (Phi) is 6.24. The molecule has 0 atom stereocenters. The van der Waals surface area contributed by atoms with Crippen LogP contribution in [0.5, 0.6) is 5.88 Å².